The van der Waals surface area contributed by atoms with Crippen LogP contribution < -0.4 is 5.32 Å². The van der Waals surface area contributed by atoms with E-state index in [2.05, 4.69) is 5.32 Å². The third-order valence-electron chi connectivity index (χ3n) is 3.35. The fraction of sp³-hybridized carbons (Fsp3) is 0.222. The molecule has 0 saturated carbocycles. The molecule has 25 heavy (non-hydrogen) atoms. The van der Waals surface area contributed by atoms with Crippen LogP contribution in [0.25, 0.3) is 0 Å². The molecule has 0 aromatic heterocycles. The topological polar surface area (TPSA) is 55.4 Å². The largest absolute Gasteiger partial charge is 0.459 e. The first-order valence-corrected chi connectivity index (χ1v) is 7.47. The summed E-state index contributed by atoms with van der Waals surface area (Å²) in [6.45, 7) is -0.914. The zero-order valence-corrected chi connectivity index (χ0v) is 13.2. The number of halogens is 3. The minimum absolute atomic E-state index is 0.102. The molecule has 0 aliphatic carbocycles. The molecule has 0 bridgehead atoms. The average molecular weight is 351 g/mol. The maximum Gasteiger partial charge on any atom is 0.416 e. The van der Waals surface area contributed by atoms with Crippen LogP contribution in [-0.4, -0.2) is 18.4 Å². The van der Waals surface area contributed by atoms with Crippen molar-refractivity contribution in [2.75, 3.05) is 6.54 Å². The van der Waals surface area contributed by atoms with Gasteiger partial charge in [-0.1, -0.05) is 48.5 Å². The van der Waals surface area contributed by atoms with Gasteiger partial charge in [-0.25, -0.2) is 0 Å². The highest BCUT2D eigenvalue weighted by molar-refractivity contribution is 5.83. The Hall–Kier alpha value is -2.83. The Kier molecular flexibility index (Phi) is 6.16. The van der Waals surface area contributed by atoms with Crippen LogP contribution in [-0.2, 0) is 33.5 Å². The normalized spacial score (nSPS) is 11.0. The molecular weight excluding hydrogens is 335 g/mol. The van der Waals surface area contributed by atoms with Gasteiger partial charge in [0.25, 0.3) is 0 Å². The molecule has 0 spiro atoms. The Morgan fingerprint density at radius 2 is 1.60 bits per heavy atom. The smallest absolute Gasteiger partial charge is 0.416 e. The van der Waals surface area contributed by atoms with Crippen molar-refractivity contribution in [1.29, 1.82) is 0 Å². The molecule has 1 N–H and O–H groups in total. The minimum atomic E-state index is -4.52. The maximum atomic E-state index is 12.8. The van der Waals surface area contributed by atoms with Crippen LogP contribution in [0.1, 0.15) is 16.7 Å². The van der Waals surface area contributed by atoms with Gasteiger partial charge >= 0.3 is 12.1 Å². The summed E-state index contributed by atoms with van der Waals surface area (Å²) >= 11 is 0. The molecule has 0 heterocycles. The van der Waals surface area contributed by atoms with Gasteiger partial charge in [0.15, 0.2) is 0 Å². The number of hydrogen-bond donors (Lipinski definition) is 1. The first kappa shape index (κ1) is 18.5. The summed E-state index contributed by atoms with van der Waals surface area (Å²) in [7, 11) is 0. The van der Waals surface area contributed by atoms with Crippen molar-refractivity contribution < 1.29 is 27.5 Å². The first-order chi connectivity index (χ1) is 11.9. The lowest BCUT2D eigenvalue weighted by Gasteiger charge is -2.13. The van der Waals surface area contributed by atoms with Crippen LogP contribution in [0.5, 0.6) is 0 Å². The summed E-state index contributed by atoms with van der Waals surface area (Å²) in [6, 6.07) is 13.8. The van der Waals surface area contributed by atoms with Crippen molar-refractivity contribution >= 4 is 11.9 Å². The number of hydrogen-bond acceptors (Lipinski definition) is 3. The molecule has 0 aliphatic rings. The van der Waals surface area contributed by atoms with Crippen LogP contribution in [0.4, 0.5) is 13.2 Å². The van der Waals surface area contributed by atoms with E-state index in [1.54, 1.807) is 24.3 Å². The number of esters is 1. The quantitative estimate of drug-likeness (QED) is 0.814. The van der Waals surface area contributed by atoms with Crippen molar-refractivity contribution in [3.8, 4) is 0 Å². The molecule has 2 aromatic rings. The summed E-state index contributed by atoms with van der Waals surface area (Å²) < 4.78 is 43.3. The average Bonchev–Trinajstić information content (AvgIpc) is 2.58. The molecule has 0 fully saturated rings. The van der Waals surface area contributed by atoms with E-state index in [0.29, 0.717) is 0 Å². The van der Waals surface area contributed by atoms with E-state index >= 15 is 0 Å². The van der Waals surface area contributed by atoms with Crippen molar-refractivity contribution in [1.82, 2.24) is 5.32 Å². The Labute approximate surface area is 142 Å². The van der Waals surface area contributed by atoms with E-state index < -0.39 is 30.9 Å². The van der Waals surface area contributed by atoms with Gasteiger partial charge in [-0.3, -0.25) is 9.59 Å². The second kappa shape index (κ2) is 8.32. The Balaban J connectivity index is 1.81. The third kappa shape index (κ3) is 5.95. The SMILES string of the molecule is O=C(Cc1ccccc1)NCC(=O)OCc1ccccc1C(F)(F)F. The molecule has 0 radical (unpaired) electrons. The number of alkyl halides is 3. The molecule has 1 amide bonds. The van der Waals surface area contributed by atoms with Gasteiger partial charge in [0.05, 0.1) is 12.0 Å². The monoisotopic (exact) mass is 351 g/mol. The highest BCUT2D eigenvalue weighted by Crippen LogP contribution is 2.32. The Morgan fingerprint density at radius 3 is 2.28 bits per heavy atom. The van der Waals surface area contributed by atoms with Crippen molar-refractivity contribution in [3.05, 3.63) is 71.3 Å². The molecule has 0 aliphatic heterocycles. The number of carbonyl (C=O) groups excluding carboxylic acids is 2. The lowest BCUT2D eigenvalue weighted by Crippen LogP contribution is -2.31. The van der Waals surface area contributed by atoms with Gasteiger partial charge in [0.1, 0.15) is 13.2 Å². The summed E-state index contributed by atoms with van der Waals surface area (Å²) in [6.07, 6.45) is -4.42. The lowest BCUT2D eigenvalue weighted by molar-refractivity contribution is -0.147. The Morgan fingerprint density at radius 1 is 0.960 bits per heavy atom. The molecule has 2 rings (SSSR count). The van der Waals surface area contributed by atoms with Crippen molar-refractivity contribution in [2.24, 2.45) is 0 Å². The second-order valence-electron chi connectivity index (χ2n) is 5.25. The van der Waals surface area contributed by atoms with Crippen molar-refractivity contribution in [3.63, 3.8) is 0 Å². The molecule has 132 valence electrons. The maximum absolute atomic E-state index is 12.8. The van der Waals surface area contributed by atoms with E-state index in [0.717, 1.165) is 11.6 Å². The number of nitrogens with one attached hydrogen (secondary N) is 1. The first-order valence-electron chi connectivity index (χ1n) is 7.47. The zero-order chi connectivity index (χ0) is 18.3. The second-order valence-corrected chi connectivity index (χ2v) is 5.25. The number of carbonyl (C=O) groups is 2. The van der Waals surface area contributed by atoms with Crippen molar-refractivity contribution in [2.45, 2.75) is 19.2 Å². The minimum Gasteiger partial charge on any atom is -0.459 e. The van der Waals surface area contributed by atoms with Gasteiger partial charge < -0.3 is 10.1 Å². The molecule has 0 saturated heterocycles. The van der Waals surface area contributed by atoms with Gasteiger partial charge in [0, 0.05) is 5.56 Å². The third-order valence-corrected chi connectivity index (χ3v) is 3.35. The van der Waals surface area contributed by atoms with Gasteiger partial charge in [0.2, 0.25) is 5.91 Å². The zero-order valence-electron chi connectivity index (χ0n) is 13.2. The van der Waals surface area contributed by atoms with Crippen LogP contribution in [0.15, 0.2) is 54.6 Å². The van der Waals surface area contributed by atoms with Crippen LogP contribution in [0, 0.1) is 0 Å². The summed E-state index contributed by atoms with van der Waals surface area (Å²) in [4.78, 5) is 23.3. The van der Waals surface area contributed by atoms with E-state index in [1.165, 1.54) is 18.2 Å². The van der Waals surface area contributed by atoms with E-state index in [4.69, 9.17) is 4.74 Å². The molecule has 2 aromatic carbocycles. The molecule has 0 unspecified atom stereocenters. The fourth-order valence-electron chi connectivity index (χ4n) is 2.15. The molecule has 4 nitrogen and oxygen atoms in total. The number of amides is 1. The van der Waals surface area contributed by atoms with Crippen LogP contribution in [0.3, 0.4) is 0 Å². The standard InChI is InChI=1S/C18H16F3NO3/c19-18(20,21)15-9-5-4-8-14(15)12-25-17(24)11-22-16(23)10-13-6-2-1-3-7-13/h1-9H,10-12H2,(H,22,23). The predicted octanol–water partition coefficient (Wildman–Crippen LogP) is 3.11. The lowest BCUT2D eigenvalue weighted by atomic mass is 10.1. The van der Waals surface area contributed by atoms with E-state index in [-0.39, 0.29) is 17.9 Å². The Bertz CT molecular complexity index is 730. The van der Waals surface area contributed by atoms with Crippen LogP contribution >= 0.6 is 0 Å². The molecule has 0 atom stereocenters. The molecule has 7 heteroatoms. The number of benzene rings is 2. The van der Waals surface area contributed by atoms with Gasteiger partial charge in [-0.2, -0.15) is 13.2 Å². The number of ether oxygens (including phenoxy) is 1. The fourth-order valence-corrected chi connectivity index (χ4v) is 2.15. The summed E-state index contributed by atoms with van der Waals surface area (Å²) in [5.74, 6) is -1.18. The van der Waals surface area contributed by atoms with Crippen LogP contribution in [0.2, 0.25) is 0 Å². The van der Waals surface area contributed by atoms with Gasteiger partial charge in [-0.05, 0) is 11.6 Å². The van der Waals surface area contributed by atoms with Gasteiger partial charge in [-0.15, -0.1) is 0 Å². The summed E-state index contributed by atoms with van der Waals surface area (Å²) in [5, 5.41) is 2.38. The van der Waals surface area contributed by atoms with E-state index in [9.17, 15) is 22.8 Å². The highest BCUT2D eigenvalue weighted by Gasteiger charge is 2.33. The number of rotatable bonds is 6. The molecular formula is C18H16F3NO3. The van der Waals surface area contributed by atoms with E-state index in [1.807, 2.05) is 6.07 Å². The summed E-state index contributed by atoms with van der Waals surface area (Å²) in [5.41, 5.74) is -0.206. The predicted molar refractivity (Wildman–Crippen MR) is 84.4 cm³/mol. The highest BCUT2D eigenvalue weighted by atomic mass is 19.4.